The normalized spacial score (nSPS) is 11.8. The molecule has 30 heavy (non-hydrogen) atoms. The number of fused-ring (bicyclic) bond motifs is 1. The van der Waals surface area contributed by atoms with Gasteiger partial charge < -0.3 is 0 Å². The van der Waals surface area contributed by atoms with Crippen LogP contribution in [0.4, 0.5) is 13.2 Å². The molecule has 3 aromatic heterocycles. The Balaban J connectivity index is 1.72. The number of hydrogen-bond donors (Lipinski definition) is 0. The van der Waals surface area contributed by atoms with Crippen molar-refractivity contribution in [2.45, 2.75) is 6.18 Å². The summed E-state index contributed by atoms with van der Waals surface area (Å²) in [7, 11) is 0. The summed E-state index contributed by atoms with van der Waals surface area (Å²) < 4.78 is 40.5. The molecule has 5 aromatic rings. The molecule has 0 saturated heterocycles. The second-order valence-electron chi connectivity index (χ2n) is 6.59. The van der Waals surface area contributed by atoms with Gasteiger partial charge in [0.15, 0.2) is 17.3 Å². The second-order valence-corrected chi connectivity index (χ2v) is 7.54. The van der Waals surface area contributed by atoms with E-state index in [1.54, 1.807) is 15.9 Å². The van der Waals surface area contributed by atoms with Gasteiger partial charge in [0, 0.05) is 17.2 Å². The average Bonchev–Trinajstić information content (AvgIpc) is 3.43. The quantitative estimate of drug-likeness (QED) is 0.347. The standard InChI is InChI=1S/C22H13F3N4S/c23-22(24,25)16-10-8-15(9-11-16)21-27-20(14-5-2-1-3-6-14)26-19-13-17(28-29(19)21)18-7-4-12-30-18/h1-13H. The van der Waals surface area contributed by atoms with Crippen molar-refractivity contribution in [3.05, 3.63) is 83.7 Å². The van der Waals surface area contributed by atoms with Crippen LogP contribution in [0.15, 0.2) is 78.2 Å². The van der Waals surface area contributed by atoms with Crippen LogP contribution in [0, 0.1) is 0 Å². The summed E-state index contributed by atoms with van der Waals surface area (Å²) >= 11 is 1.55. The minimum atomic E-state index is -4.40. The van der Waals surface area contributed by atoms with E-state index in [0.29, 0.717) is 22.9 Å². The average molecular weight is 422 g/mol. The smallest absolute Gasteiger partial charge is 0.209 e. The fraction of sp³-hybridized carbons (Fsp3) is 0.0455. The van der Waals surface area contributed by atoms with Crippen LogP contribution in [0.5, 0.6) is 0 Å². The Morgan fingerprint density at radius 1 is 0.800 bits per heavy atom. The molecule has 0 aliphatic rings. The first-order chi connectivity index (χ1) is 14.5. The molecule has 0 radical (unpaired) electrons. The number of halogens is 3. The van der Waals surface area contributed by atoms with E-state index in [1.807, 2.05) is 53.9 Å². The number of hydrogen-bond acceptors (Lipinski definition) is 4. The Kier molecular flexibility index (Phi) is 4.36. The first-order valence-electron chi connectivity index (χ1n) is 9.04. The van der Waals surface area contributed by atoms with Gasteiger partial charge in [0.1, 0.15) is 5.69 Å². The molecule has 0 atom stereocenters. The Hall–Kier alpha value is -3.52. The van der Waals surface area contributed by atoms with E-state index in [-0.39, 0.29) is 0 Å². The monoisotopic (exact) mass is 422 g/mol. The number of alkyl halides is 3. The van der Waals surface area contributed by atoms with E-state index < -0.39 is 11.7 Å². The van der Waals surface area contributed by atoms with Crippen LogP contribution in [0.1, 0.15) is 5.56 Å². The highest BCUT2D eigenvalue weighted by atomic mass is 32.1. The molecule has 3 heterocycles. The number of aromatic nitrogens is 4. The fourth-order valence-corrected chi connectivity index (χ4v) is 3.83. The molecule has 0 fully saturated rings. The van der Waals surface area contributed by atoms with Gasteiger partial charge >= 0.3 is 6.18 Å². The molecule has 8 heteroatoms. The van der Waals surface area contributed by atoms with Gasteiger partial charge in [0.2, 0.25) is 0 Å². The van der Waals surface area contributed by atoms with Gasteiger partial charge in [-0.25, -0.2) is 9.97 Å². The predicted molar refractivity (Wildman–Crippen MR) is 110 cm³/mol. The lowest BCUT2D eigenvalue weighted by molar-refractivity contribution is -0.137. The van der Waals surface area contributed by atoms with Gasteiger partial charge in [-0.2, -0.15) is 22.8 Å². The summed E-state index contributed by atoms with van der Waals surface area (Å²) in [4.78, 5) is 10.2. The molecule has 0 aliphatic carbocycles. The third kappa shape index (κ3) is 3.35. The molecule has 4 nitrogen and oxygen atoms in total. The van der Waals surface area contributed by atoms with Crippen molar-refractivity contribution in [3.63, 3.8) is 0 Å². The van der Waals surface area contributed by atoms with Crippen molar-refractivity contribution < 1.29 is 13.2 Å². The lowest BCUT2D eigenvalue weighted by Gasteiger charge is -2.09. The molecule has 2 aromatic carbocycles. The van der Waals surface area contributed by atoms with Crippen molar-refractivity contribution in [2.75, 3.05) is 0 Å². The van der Waals surface area contributed by atoms with Crippen molar-refractivity contribution in [3.8, 4) is 33.3 Å². The van der Waals surface area contributed by atoms with Crippen LogP contribution in [-0.4, -0.2) is 19.6 Å². The van der Waals surface area contributed by atoms with Gasteiger partial charge in [-0.3, -0.25) is 0 Å². The van der Waals surface area contributed by atoms with Crippen LogP contribution in [0.3, 0.4) is 0 Å². The summed E-state index contributed by atoms with van der Waals surface area (Å²) in [5.74, 6) is 0.908. The maximum atomic E-state index is 13.0. The molecular weight excluding hydrogens is 409 g/mol. The van der Waals surface area contributed by atoms with Gasteiger partial charge in [-0.05, 0) is 23.6 Å². The summed E-state index contributed by atoms with van der Waals surface area (Å²) in [6.07, 6.45) is -4.40. The minimum Gasteiger partial charge on any atom is -0.209 e. The van der Waals surface area contributed by atoms with Crippen molar-refractivity contribution >= 4 is 17.0 Å². The number of benzene rings is 2. The van der Waals surface area contributed by atoms with E-state index in [0.717, 1.165) is 28.3 Å². The molecule has 0 spiro atoms. The van der Waals surface area contributed by atoms with Gasteiger partial charge in [0.05, 0.1) is 10.4 Å². The first kappa shape index (κ1) is 18.5. The second kappa shape index (κ2) is 7.07. The van der Waals surface area contributed by atoms with E-state index >= 15 is 0 Å². The van der Waals surface area contributed by atoms with Crippen LogP contribution < -0.4 is 0 Å². The zero-order valence-corrected chi connectivity index (χ0v) is 16.2. The highest BCUT2D eigenvalue weighted by Crippen LogP contribution is 2.32. The number of nitrogens with zero attached hydrogens (tertiary/aromatic N) is 4. The minimum absolute atomic E-state index is 0.426. The zero-order valence-electron chi connectivity index (χ0n) is 15.3. The highest BCUT2D eigenvalue weighted by molar-refractivity contribution is 7.13. The Bertz CT molecular complexity index is 1310. The van der Waals surface area contributed by atoms with E-state index in [2.05, 4.69) is 15.1 Å². The molecule has 0 unspecified atom stereocenters. The molecule has 0 saturated carbocycles. The number of thiophene rings is 1. The molecule has 148 valence electrons. The molecule has 0 bridgehead atoms. The van der Waals surface area contributed by atoms with E-state index in [1.165, 1.54) is 12.1 Å². The summed E-state index contributed by atoms with van der Waals surface area (Å²) in [6.45, 7) is 0. The molecule has 0 amide bonds. The van der Waals surface area contributed by atoms with E-state index in [4.69, 9.17) is 0 Å². The van der Waals surface area contributed by atoms with Crippen LogP contribution >= 0.6 is 11.3 Å². The maximum Gasteiger partial charge on any atom is 0.416 e. The van der Waals surface area contributed by atoms with E-state index in [9.17, 15) is 13.2 Å². The summed E-state index contributed by atoms with van der Waals surface area (Å²) in [5, 5.41) is 6.57. The molecule has 0 N–H and O–H groups in total. The highest BCUT2D eigenvalue weighted by Gasteiger charge is 2.30. The van der Waals surface area contributed by atoms with Crippen LogP contribution in [-0.2, 0) is 6.18 Å². The van der Waals surface area contributed by atoms with Crippen LogP contribution in [0.25, 0.3) is 39.0 Å². The summed E-state index contributed by atoms with van der Waals surface area (Å²) in [6, 6.07) is 20.1. The third-order valence-corrected chi connectivity index (χ3v) is 5.49. The van der Waals surface area contributed by atoms with Crippen molar-refractivity contribution in [1.29, 1.82) is 0 Å². The van der Waals surface area contributed by atoms with Crippen molar-refractivity contribution in [1.82, 2.24) is 19.6 Å². The predicted octanol–water partition coefficient (Wildman–Crippen LogP) is 6.21. The van der Waals surface area contributed by atoms with Gasteiger partial charge in [-0.1, -0.05) is 48.5 Å². The van der Waals surface area contributed by atoms with Crippen molar-refractivity contribution in [2.24, 2.45) is 0 Å². The Morgan fingerprint density at radius 2 is 1.57 bits per heavy atom. The van der Waals surface area contributed by atoms with Crippen LogP contribution in [0.2, 0.25) is 0 Å². The molecule has 5 rings (SSSR count). The number of rotatable bonds is 3. The fourth-order valence-electron chi connectivity index (χ4n) is 3.14. The molecular formula is C22H13F3N4S. The van der Waals surface area contributed by atoms with Gasteiger partial charge in [0.25, 0.3) is 0 Å². The summed E-state index contributed by atoms with van der Waals surface area (Å²) in [5.41, 5.74) is 1.93. The Labute approximate surface area is 173 Å². The van der Waals surface area contributed by atoms with Gasteiger partial charge in [-0.15, -0.1) is 11.3 Å². The Morgan fingerprint density at radius 3 is 2.23 bits per heavy atom. The zero-order chi connectivity index (χ0) is 20.7. The maximum absolute atomic E-state index is 13.0. The lowest BCUT2D eigenvalue weighted by atomic mass is 10.1. The SMILES string of the molecule is FC(F)(F)c1ccc(-c2nc(-c3ccccc3)nc3cc(-c4cccs4)nn23)cc1. The topological polar surface area (TPSA) is 43.1 Å². The third-order valence-electron chi connectivity index (χ3n) is 4.60. The largest absolute Gasteiger partial charge is 0.416 e. The lowest BCUT2D eigenvalue weighted by Crippen LogP contribution is -2.05. The first-order valence-corrected chi connectivity index (χ1v) is 9.92. The molecule has 0 aliphatic heterocycles.